The monoisotopic (exact) mass is 348 g/mol. The summed E-state index contributed by atoms with van der Waals surface area (Å²) in [6.45, 7) is 3.72. The van der Waals surface area contributed by atoms with Crippen molar-refractivity contribution in [3.05, 3.63) is 53.6 Å². The lowest BCUT2D eigenvalue weighted by atomic mass is 10.1. The number of carbonyl (C=O) groups excluding carboxylic acids is 2. The van der Waals surface area contributed by atoms with E-state index in [1.54, 1.807) is 12.1 Å². The quantitative estimate of drug-likeness (QED) is 0.678. The molecule has 2 aromatic rings. The molecular weight excluding hydrogens is 328 g/mol. The molecule has 3 heterocycles. The molecule has 3 aliphatic heterocycles. The summed E-state index contributed by atoms with van der Waals surface area (Å²) in [5, 5.41) is 0. The van der Waals surface area contributed by atoms with Gasteiger partial charge in [0.05, 0.1) is 0 Å². The third-order valence-corrected chi connectivity index (χ3v) is 5.79. The van der Waals surface area contributed by atoms with Crippen LogP contribution in [0.25, 0.3) is 11.1 Å². The second kappa shape index (κ2) is 5.95. The number of nitrogens with zero attached hydrogens (tertiary/aromatic N) is 2. The number of rotatable bonds is 1. The second-order valence-electron chi connectivity index (χ2n) is 7.22. The predicted octanol–water partition coefficient (Wildman–Crippen LogP) is 3.18. The molecule has 132 valence electrons. The molecule has 0 N–H and O–H groups in total. The molecule has 0 saturated carbocycles. The topological polar surface area (TPSA) is 49.9 Å². The van der Waals surface area contributed by atoms with Crippen LogP contribution in [0.5, 0.6) is 5.75 Å². The number of benzene rings is 2. The number of hydrogen-bond acceptors (Lipinski definition) is 4. The van der Waals surface area contributed by atoms with E-state index in [9.17, 15) is 9.59 Å². The Bertz CT molecular complexity index is 900. The summed E-state index contributed by atoms with van der Waals surface area (Å²) in [7, 11) is 0. The fraction of sp³-hybridized carbons (Fsp3) is 0.333. The molecule has 5 nitrogen and oxygen atoms in total. The Balaban J connectivity index is 1.39. The van der Waals surface area contributed by atoms with E-state index in [4.69, 9.17) is 4.74 Å². The van der Waals surface area contributed by atoms with Crippen LogP contribution < -0.4 is 4.74 Å². The van der Waals surface area contributed by atoms with E-state index in [-0.39, 0.29) is 17.9 Å². The molecule has 3 fully saturated rings. The van der Waals surface area contributed by atoms with Crippen molar-refractivity contribution in [3.8, 4) is 16.9 Å². The molecule has 26 heavy (non-hydrogen) atoms. The van der Waals surface area contributed by atoms with Crippen LogP contribution >= 0.6 is 0 Å². The average Bonchev–Trinajstić information content (AvgIpc) is 2.85. The molecular formula is C21H20N2O3. The van der Waals surface area contributed by atoms with Crippen LogP contribution in [0.4, 0.5) is 4.79 Å². The number of ketones is 1. The number of fused-ring (bicyclic) bond motifs is 7. The molecule has 0 spiro atoms. The summed E-state index contributed by atoms with van der Waals surface area (Å²) < 4.78 is 5.65. The highest BCUT2D eigenvalue weighted by molar-refractivity contribution is 6.21. The highest BCUT2D eigenvalue weighted by atomic mass is 16.6. The molecule has 6 rings (SSSR count). The van der Waals surface area contributed by atoms with Crippen LogP contribution in [0.3, 0.4) is 0 Å². The van der Waals surface area contributed by atoms with Crippen LogP contribution in [0.1, 0.15) is 28.8 Å². The molecule has 2 aromatic carbocycles. The summed E-state index contributed by atoms with van der Waals surface area (Å²) in [6.07, 6.45) is 1.71. The zero-order valence-corrected chi connectivity index (χ0v) is 14.5. The Morgan fingerprint density at radius 2 is 1.62 bits per heavy atom. The van der Waals surface area contributed by atoms with E-state index in [2.05, 4.69) is 4.90 Å². The van der Waals surface area contributed by atoms with Crippen LogP contribution in [0.2, 0.25) is 0 Å². The highest BCUT2D eigenvalue weighted by Crippen LogP contribution is 2.38. The maximum Gasteiger partial charge on any atom is 0.415 e. The minimum atomic E-state index is -0.304. The Hall–Kier alpha value is -2.66. The first kappa shape index (κ1) is 15.6. The fourth-order valence-electron chi connectivity index (χ4n) is 4.36. The van der Waals surface area contributed by atoms with E-state index in [0.29, 0.717) is 23.4 Å². The second-order valence-corrected chi connectivity index (χ2v) is 7.22. The van der Waals surface area contributed by atoms with Gasteiger partial charge in [-0.15, -0.1) is 0 Å². The third-order valence-electron chi connectivity index (χ3n) is 5.79. The Kier molecular flexibility index (Phi) is 3.57. The maximum absolute atomic E-state index is 12.7. The molecule has 1 amide bonds. The van der Waals surface area contributed by atoms with Gasteiger partial charge in [-0.05, 0) is 42.2 Å². The van der Waals surface area contributed by atoms with Crippen molar-refractivity contribution in [3.63, 3.8) is 0 Å². The molecule has 0 radical (unpaired) electrons. The zero-order valence-electron chi connectivity index (χ0n) is 14.5. The highest BCUT2D eigenvalue weighted by Gasteiger charge is 2.33. The van der Waals surface area contributed by atoms with Gasteiger partial charge in [0.1, 0.15) is 5.75 Å². The Morgan fingerprint density at radius 3 is 2.42 bits per heavy atom. The lowest BCUT2D eigenvalue weighted by molar-refractivity contribution is 0.104. The number of carbonyl (C=O) groups is 2. The van der Waals surface area contributed by atoms with Gasteiger partial charge in [0.15, 0.2) is 5.78 Å². The van der Waals surface area contributed by atoms with Crippen LogP contribution in [-0.2, 0) is 0 Å². The van der Waals surface area contributed by atoms with Crippen molar-refractivity contribution >= 4 is 11.9 Å². The van der Waals surface area contributed by atoms with Gasteiger partial charge in [-0.1, -0.05) is 24.3 Å². The summed E-state index contributed by atoms with van der Waals surface area (Å²) >= 11 is 0. The Morgan fingerprint density at radius 1 is 0.885 bits per heavy atom. The third kappa shape index (κ3) is 2.42. The molecule has 3 saturated heterocycles. The number of amides is 1. The van der Waals surface area contributed by atoms with Gasteiger partial charge in [0, 0.05) is 43.3 Å². The van der Waals surface area contributed by atoms with Gasteiger partial charge >= 0.3 is 6.09 Å². The van der Waals surface area contributed by atoms with Gasteiger partial charge < -0.3 is 14.5 Å². The normalized spacial score (nSPS) is 23.4. The number of piperidine rings is 1. The van der Waals surface area contributed by atoms with Gasteiger partial charge in [0.2, 0.25) is 0 Å². The van der Waals surface area contributed by atoms with Crippen LogP contribution in [0, 0.1) is 0 Å². The van der Waals surface area contributed by atoms with E-state index in [1.807, 2.05) is 35.2 Å². The molecule has 1 aliphatic carbocycles. The largest absolute Gasteiger partial charge is 0.415 e. The van der Waals surface area contributed by atoms with Gasteiger partial charge in [-0.2, -0.15) is 0 Å². The summed E-state index contributed by atoms with van der Waals surface area (Å²) in [4.78, 5) is 29.6. The molecule has 4 aliphatic rings. The predicted molar refractivity (Wildman–Crippen MR) is 97.5 cm³/mol. The molecule has 0 unspecified atom stereocenters. The summed E-state index contributed by atoms with van der Waals surface area (Å²) in [5.74, 6) is 0.434. The zero-order chi connectivity index (χ0) is 17.7. The minimum absolute atomic E-state index is 0.00490. The van der Waals surface area contributed by atoms with Crippen molar-refractivity contribution in [2.75, 3.05) is 26.2 Å². The first-order valence-electron chi connectivity index (χ1n) is 9.20. The van der Waals surface area contributed by atoms with Gasteiger partial charge in [-0.25, -0.2) is 4.79 Å². The fourth-order valence-corrected chi connectivity index (χ4v) is 4.36. The van der Waals surface area contributed by atoms with Crippen LogP contribution in [0.15, 0.2) is 42.5 Å². The first-order chi connectivity index (χ1) is 12.7. The van der Waals surface area contributed by atoms with Gasteiger partial charge in [0.25, 0.3) is 0 Å². The van der Waals surface area contributed by atoms with Crippen molar-refractivity contribution in [1.29, 1.82) is 0 Å². The van der Waals surface area contributed by atoms with Crippen LogP contribution in [-0.4, -0.2) is 53.9 Å². The lowest BCUT2D eigenvalue weighted by Gasteiger charge is -2.30. The van der Waals surface area contributed by atoms with Gasteiger partial charge in [-0.3, -0.25) is 4.79 Å². The van der Waals surface area contributed by atoms with Crippen molar-refractivity contribution in [2.45, 2.75) is 18.9 Å². The number of hydrogen-bond donors (Lipinski definition) is 0. The first-order valence-corrected chi connectivity index (χ1v) is 9.20. The minimum Gasteiger partial charge on any atom is -0.410 e. The molecule has 0 aromatic heterocycles. The van der Waals surface area contributed by atoms with Crippen molar-refractivity contribution in [1.82, 2.24) is 9.80 Å². The van der Waals surface area contributed by atoms with Crippen molar-refractivity contribution in [2.24, 2.45) is 0 Å². The van der Waals surface area contributed by atoms with E-state index in [0.717, 1.165) is 43.6 Å². The van der Waals surface area contributed by atoms with E-state index in [1.165, 1.54) is 0 Å². The summed E-state index contributed by atoms with van der Waals surface area (Å²) in [5.41, 5.74) is 3.18. The molecule has 5 heteroatoms. The summed E-state index contributed by atoms with van der Waals surface area (Å²) in [6, 6.07) is 13.2. The van der Waals surface area contributed by atoms with E-state index >= 15 is 0 Å². The maximum atomic E-state index is 12.7. The number of ether oxygens (including phenoxy) is 1. The standard InChI is InChI=1S/C21H20N2O3/c24-20-18-4-2-1-3-16(18)17-6-5-15(13-19(17)20)26-21(25)23-12-11-22-9-7-14(23)8-10-22/h1-6,13-14H,7-12H2. The smallest absolute Gasteiger partial charge is 0.410 e. The van der Waals surface area contributed by atoms with E-state index < -0.39 is 0 Å². The molecule has 2 bridgehead atoms. The molecule has 0 atom stereocenters. The lowest BCUT2D eigenvalue weighted by Crippen LogP contribution is -2.43. The Labute approximate surface area is 152 Å². The average molecular weight is 348 g/mol. The van der Waals surface area contributed by atoms with Crippen molar-refractivity contribution < 1.29 is 14.3 Å². The SMILES string of the molecule is O=C1c2ccccc2-c2ccc(OC(=O)N3CCN4CCC3CC4)cc21.